The second kappa shape index (κ2) is 7.79. The highest BCUT2D eigenvalue weighted by Gasteiger charge is 2.26. The van der Waals surface area contributed by atoms with Crippen molar-refractivity contribution in [2.45, 2.75) is 25.8 Å². The van der Waals surface area contributed by atoms with Gasteiger partial charge in [0.2, 0.25) is 11.7 Å². The summed E-state index contributed by atoms with van der Waals surface area (Å²) in [4.78, 5) is 33.7. The van der Waals surface area contributed by atoms with Gasteiger partial charge in [-0.2, -0.15) is 0 Å². The van der Waals surface area contributed by atoms with Crippen LogP contribution >= 0.6 is 0 Å². The van der Waals surface area contributed by atoms with Crippen molar-refractivity contribution in [1.29, 1.82) is 0 Å². The molecule has 0 radical (unpaired) electrons. The molecule has 0 spiro atoms. The Labute approximate surface area is 167 Å². The second-order valence-electron chi connectivity index (χ2n) is 6.94. The summed E-state index contributed by atoms with van der Waals surface area (Å²) >= 11 is 0. The van der Waals surface area contributed by atoms with Crippen LogP contribution in [0.3, 0.4) is 0 Å². The molecule has 0 bridgehead atoms. The maximum atomic E-state index is 13.2. The third kappa shape index (κ3) is 3.99. The summed E-state index contributed by atoms with van der Waals surface area (Å²) in [5.41, 5.74) is 3.78. The monoisotopic (exact) mass is 390 g/mol. The molecule has 0 aliphatic carbocycles. The lowest BCUT2D eigenvalue weighted by molar-refractivity contribution is -0.118. The van der Waals surface area contributed by atoms with E-state index in [1.807, 2.05) is 31.2 Å². The Hall–Kier alpha value is -3.61. The Morgan fingerprint density at radius 2 is 1.93 bits per heavy atom. The van der Waals surface area contributed by atoms with Crippen molar-refractivity contribution in [3.63, 3.8) is 0 Å². The zero-order chi connectivity index (χ0) is 20.4. The van der Waals surface area contributed by atoms with Crippen LogP contribution in [-0.2, 0) is 11.2 Å². The third-order valence-corrected chi connectivity index (χ3v) is 4.89. The van der Waals surface area contributed by atoms with Crippen molar-refractivity contribution in [2.75, 3.05) is 5.32 Å². The molecule has 0 saturated carbocycles. The van der Waals surface area contributed by atoms with E-state index >= 15 is 0 Å². The molecule has 0 unspecified atom stereocenters. The SMILES string of the molecule is Cc1cnc(C(=O)N[C@H]2CCc3ccccc3NC2=O)nc1-c1ccc(F)cc1. The van der Waals surface area contributed by atoms with Crippen molar-refractivity contribution >= 4 is 17.5 Å². The molecule has 0 saturated heterocycles. The molecule has 1 aromatic heterocycles. The summed E-state index contributed by atoms with van der Waals surface area (Å²) in [6.07, 6.45) is 2.68. The number of benzene rings is 2. The van der Waals surface area contributed by atoms with Gasteiger partial charge >= 0.3 is 0 Å². The summed E-state index contributed by atoms with van der Waals surface area (Å²) in [7, 11) is 0. The lowest BCUT2D eigenvalue weighted by Gasteiger charge is -2.15. The van der Waals surface area contributed by atoms with Crippen LogP contribution in [0.25, 0.3) is 11.3 Å². The number of fused-ring (bicyclic) bond motifs is 1. The Balaban J connectivity index is 1.54. The van der Waals surface area contributed by atoms with Gasteiger partial charge in [0.05, 0.1) is 5.69 Å². The third-order valence-electron chi connectivity index (χ3n) is 4.89. The lowest BCUT2D eigenvalue weighted by Crippen LogP contribution is -2.43. The lowest BCUT2D eigenvalue weighted by atomic mass is 10.1. The first-order valence-corrected chi connectivity index (χ1v) is 9.30. The number of anilines is 1. The van der Waals surface area contributed by atoms with Crippen LogP contribution in [0.5, 0.6) is 0 Å². The van der Waals surface area contributed by atoms with E-state index in [2.05, 4.69) is 20.6 Å². The normalized spacial score (nSPS) is 15.8. The number of carbonyl (C=O) groups excluding carboxylic acids is 2. The number of halogens is 1. The van der Waals surface area contributed by atoms with Crippen molar-refractivity contribution < 1.29 is 14.0 Å². The summed E-state index contributed by atoms with van der Waals surface area (Å²) in [5.74, 6) is -1.18. The molecule has 1 aliphatic heterocycles. The maximum Gasteiger partial charge on any atom is 0.289 e. The quantitative estimate of drug-likeness (QED) is 0.719. The van der Waals surface area contributed by atoms with Crippen LogP contribution in [0.1, 0.15) is 28.2 Å². The molecule has 3 aromatic rings. The standard InChI is InChI=1S/C22H19FN4O2/c1-13-12-24-20(27-19(13)15-6-9-16(23)10-7-15)22(29)26-18-11-8-14-4-2-3-5-17(14)25-21(18)28/h2-7,9-10,12,18H,8,11H2,1H3,(H,25,28)(H,26,29)/t18-/m0/s1. The molecule has 1 atom stereocenters. The number of nitrogens with zero attached hydrogens (tertiary/aromatic N) is 2. The molecule has 4 rings (SSSR count). The predicted octanol–water partition coefficient (Wildman–Crippen LogP) is 3.27. The molecule has 29 heavy (non-hydrogen) atoms. The molecule has 0 fully saturated rings. The fourth-order valence-corrected chi connectivity index (χ4v) is 3.32. The Kier molecular flexibility index (Phi) is 5.03. The highest BCUT2D eigenvalue weighted by Crippen LogP contribution is 2.23. The van der Waals surface area contributed by atoms with E-state index in [-0.39, 0.29) is 17.5 Å². The molecular formula is C22H19FN4O2. The predicted molar refractivity (Wildman–Crippen MR) is 107 cm³/mol. The van der Waals surface area contributed by atoms with E-state index in [0.29, 0.717) is 24.1 Å². The zero-order valence-corrected chi connectivity index (χ0v) is 15.8. The van der Waals surface area contributed by atoms with Crippen LogP contribution in [0.15, 0.2) is 54.7 Å². The number of aromatic nitrogens is 2. The average molecular weight is 390 g/mol. The van der Waals surface area contributed by atoms with Crippen LogP contribution in [0, 0.1) is 12.7 Å². The Morgan fingerprint density at radius 3 is 2.72 bits per heavy atom. The first kappa shape index (κ1) is 18.7. The molecule has 6 nitrogen and oxygen atoms in total. The fraction of sp³-hybridized carbons (Fsp3) is 0.182. The van der Waals surface area contributed by atoms with Crippen LogP contribution in [-0.4, -0.2) is 27.8 Å². The number of hydrogen-bond donors (Lipinski definition) is 2. The van der Waals surface area contributed by atoms with E-state index in [9.17, 15) is 14.0 Å². The van der Waals surface area contributed by atoms with Gasteiger partial charge in [0, 0.05) is 17.4 Å². The molecule has 2 amide bonds. The highest BCUT2D eigenvalue weighted by molar-refractivity contribution is 6.00. The molecule has 2 heterocycles. The maximum absolute atomic E-state index is 13.2. The minimum Gasteiger partial charge on any atom is -0.337 e. The van der Waals surface area contributed by atoms with Crippen LogP contribution in [0.2, 0.25) is 0 Å². The molecule has 146 valence electrons. The van der Waals surface area contributed by atoms with E-state index in [4.69, 9.17) is 0 Å². The number of aryl methyl sites for hydroxylation is 2. The van der Waals surface area contributed by atoms with E-state index in [1.54, 1.807) is 18.3 Å². The van der Waals surface area contributed by atoms with Crippen molar-refractivity contribution in [2.24, 2.45) is 0 Å². The summed E-state index contributed by atoms with van der Waals surface area (Å²) < 4.78 is 13.2. The second-order valence-corrected chi connectivity index (χ2v) is 6.94. The van der Waals surface area contributed by atoms with E-state index in [0.717, 1.165) is 16.8 Å². The van der Waals surface area contributed by atoms with Gasteiger partial charge in [0.25, 0.3) is 5.91 Å². The minimum absolute atomic E-state index is 0.0375. The average Bonchev–Trinajstić information content (AvgIpc) is 2.88. The Bertz CT molecular complexity index is 1080. The van der Waals surface area contributed by atoms with Gasteiger partial charge in [-0.3, -0.25) is 9.59 Å². The van der Waals surface area contributed by atoms with Crippen LogP contribution in [0.4, 0.5) is 10.1 Å². The van der Waals surface area contributed by atoms with Gasteiger partial charge in [-0.05, 0) is 61.2 Å². The van der Waals surface area contributed by atoms with Crippen molar-refractivity contribution in [3.8, 4) is 11.3 Å². The van der Waals surface area contributed by atoms with Crippen LogP contribution < -0.4 is 10.6 Å². The molecule has 2 aromatic carbocycles. The van der Waals surface area contributed by atoms with Gasteiger partial charge in [-0.25, -0.2) is 14.4 Å². The first-order valence-electron chi connectivity index (χ1n) is 9.30. The minimum atomic E-state index is -0.686. The number of carbonyl (C=O) groups is 2. The number of rotatable bonds is 3. The van der Waals surface area contributed by atoms with E-state index < -0.39 is 11.9 Å². The Morgan fingerprint density at radius 1 is 1.17 bits per heavy atom. The van der Waals surface area contributed by atoms with Gasteiger partial charge in [0.15, 0.2) is 0 Å². The molecule has 1 aliphatic rings. The van der Waals surface area contributed by atoms with Gasteiger partial charge < -0.3 is 10.6 Å². The smallest absolute Gasteiger partial charge is 0.289 e. The van der Waals surface area contributed by atoms with Gasteiger partial charge in [-0.15, -0.1) is 0 Å². The number of amides is 2. The summed E-state index contributed by atoms with van der Waals surface area (Å²) in [6.45, 7) is 1.82. The topological polar surface area (TPSA) is 84.0 Å². The zero-order valence-electron chi connectivity index (χ0n) is 15.8. The van der Waals surface area contributed by atoms with Gasteiger partial charge in [-0.1, -0.05) is 18.2 Å². The van der Waals surface area contributed by atoms with Crippen molar-refractivity contribution in [3.05, 3.63) is 77.5 Å². The van der Waals surface area contributed by atoms with Gasteiger partial charge in [0.1, 0.15) is 11.9 Å². The molecule has 2 N–H and O–H groups in total. The summed E-state index contributed by atoms with van der Waals surface area (Å²) in [6, 6.07) is 12.8. The number of para-hydroxylation sites is 1. The molecule has 7 heteroatoms. The largest absolute Gasteiger partial charge is 0.337 e. The summed E-state index contributed by atoms with van der Waals surface area (Å²) in [5, 5.41) is 5.58. The highest BCUT2D eigenvalue weighted by atomic mass is 19.1. The van der Waals surface area contributed by atoms with Crippen molar-refractivity contribution in [1.82, 2.24) is 15.3 Å². The van der Waals surface area contributed by atoms with E-state index in [1.165, 1.54) is 12.1 Å². The fourth-order valence-electron chi connectivity index (χ4n) is 3.32. The first-order chi connectivity index (χ1) is 14.0. The number of nitrogens with one attached hydrogen (secondary N) is 2. The number of hydrogen-bond acceptors (Lipinski definition) is 4. The molecular weight excluding hydrogens is 371 g/mol.